The van der Waals surface area contributed by atoms with E-state index in [4.69, 9.17) is 5.73 Å². The topological polar surface area (TPSA) is 46.2 Å². The maximum absolute atomic E-state index is 12.9. The van der Waals surface area contributed by atoms with Crippen molar-refractivity contribution in [3.05, 3.63) is 35.4 Å². The molecule has 1 saturated carbocycles. The van der Waals surface area contributed by atoms with Gasteiger partial charge in [-0.25, -0.2) is 8.78 Å². The predicted molar refractivity (Wildman–Crippen MR) is 59.3 cm³/mol. The summed E-state index contributed by atoms with van der Waals surface area (Å²) in [5.74, 6) is -1.61. The maximum Gasteiger partial charge on any atom is 0.159 e. The molecule has 3 N–H and O–H groups in total. The molecule has 1 fully saturated rings. The van der Waals surface area contributed by atoms with Crippen molar-refractivity contribution in [2.24, 2.45) is 11.7 Å². The van der Waals surface area contributed by atoms with E-state index in [1.807, 2.05) is 0 Å². The Kier molecular flexibility index (Phi) is 4.24. The first-order valence-electron chi connectivity index (χ1n) is 4.98. The van der Waals surface area contributed by atoms with Crippen LogP contribution in [0.1, 0.15) is 24.4 Å². The maximum atomic E-state index is 12.9. The number of aliphatic hydroxyl groups is 1. The summed E-state index contributed by atoms with van der Waals surface area (Å²) in [5.41, 5.74) is 6.20. The van der Waals surface area contributed by atoms with E-state index in [9.17, 15) is 13.9 Å². The molecule has 0 amide bonds. The fraction of sp³-hybridized carbons (Fsp3) is 0.455. The molecule has 2 rings (SSSR count). The summed E-state index contributed by atoms with van der Waals surface area (Å²) in [7, 11) is 0. The van der Waals surface area contributed by atoms with Gasteiger partial charge in [0.05, 0.1) is 12.1 Å². The van der Waals surface area contributed by atoms with Crippen LogP contribution in [0.5, 0.6) is 0 Å². The van der Waals surface area contributed by atoms with E-state index in [0.717, 1.165) is 25.0 Å². The molecule has 16 heavy (non-hydrogen) atoms. The second-order valence-corrected chi connectivity index (χ2v) is 4.03. The fourth-order valence-corrected chi connectivity index (χ4v) is 1.65. The molecule has 1 aromatic rings. The second-order valence-electron chi connectivity index (χ2n) is 4.03. The van der Waals surface area contributed by atoms with Crippen LogP contribution in [-0.4, -0.2) is 11.2 Å². The van der Waals surface area contributed by atoms with Crippen LogP contribution in [0.15, 0.2) is 18.2 Å². The van der Waals surface area contributed by atoms with E-state index < -0.39 is 23.8 Å². The van der Waals surface area contributed by atoms with Crippen LogP contribution in [0.25, 0.3) is 0 Å². The zero-order valence-corrected chi connectivity index (χ0v) is 9.38. The Bertz CT molecular complexity index is 371. The first-order chi connectivity index (χ1) is 7.09. The number of halogens is 3. The number of hydrogen-bond donors (Lipinski definition) is 2. The average Bonchev–Trinajstić information content (AvgIpc) is 3.03. The molecule has 0 unspecified atom stereocenters. The van der Waals surface area contributed by atoms with E-state index in [1.165, 1.54) is 6.07 Å². The smallest absolute Gasteiger partial charge is 0.159 e. The summed E-state index contributed by atoms with van der Waals surface area (Å²) in [6, 6.07) is 2.86. The molecule has 0 saturated heterocycles. The van der Waals surface area contributed by atoms with Crippen molar-refractivity contribution < 1.29 is 13.9 Å². The van der Waals surface area contributed by atoms with E-state index in [2.05, 4.69) is 0 Å². The monoisotopic (exact) mass is 249 g/mol. The molecule has 1 aromatic carbocycles. The van der Waals surface area contributed by atoms with E-state index in [-0.39, 0.29) is 18.3 Å². The molecule has 5 heteroatoms. The molecule has 0 aromatic heterocycles. The van der Waals surface area contributed by atoms with Crippen molar-refractivity contribution in [2.45, 2.75) is 25.0 Å². The van der Waals surface area contributed by atoms with Gasteiger partial charge in [-0.05, 0) is 36.5 Å². The van der Waals surface area contributed by atoms with E-state index in [1.54, 1.807) is 0 Å². The summed E-state index contributed by atoms with van der Waals surface area (Å²) in [5, 5.41) is 9.73. The van der Waals surface area contributed by atoms with Gasteiger partial charge in [-0.1, -0.05) is 6.07 Å². The largest absolute Gasteiger partial charge is 0.391 e. The Morgan fingerprint density at radius 2 is 1.88 bits per heavy atom. The first kappa shape index (κ1) is 13.4. The third kappa shape index (κ3) is 2.70. The van der Waals surface area contributed by atoms with Crippen molar-refractivity contribution in [3.8, 4) is 0 Å². The average molecular weight is 250 g/mol. The molecule has 0 bridgehead atoms. The van der Waals surface area contributed by atoms with Crippen LogP contribution in [0.4, 0.5) is 8.78 Å². The van der Waals surface area contributed by atoms with Gasteiger partial charge in [0.25, 0.3) is 0 Å². The van der Waals surface area contributed by atoms with Crippen LogP contribution >= 0.6 is 12.4 Å². The number of benzene rings is 1. The van der Waals surface area contributed by atoms with Gasteiger partial charge in [0.15, 0.2) is 11.6 Å². The summed E-state index contributed by atoms with van der Waals surface area (Å²) >= 11 is 0. The standard InChI is InChI=1S/C11H13F2NO.ClH/c12-8-4-3-7(5-9(8)13)10(14)11(15)6-1-2-6;/h3-6,10-11,15H,1-2,14H2;1H/t10-,11+;/m1./s1. The van der Waals surface area contributed by atoms with E-state index in [0.29, 0.717) is 5.56 Å². The van der Waals surface area contributed by atoms with Crippen molar-refractivity contribution in [1.29, 1.82) is 0 Å². The normalized spacial score (nSPS) is 18.8. The summed E-state index contributed by atoms with van der Waals surface area (Å²) in [4.78, 5) is 0. The minimum atomic E-state index is -0.925. The number of rotatable bonds is 3. The molecule has 2 nitrogen and oxygen atoms in total. The minimum Gasteiger partial charge on any atom is -0.391 e. The first-order valence-corrected chi connectivity index (χ1v) is 4.98. The van der Waals surface area contributed by atoms with Gasteiger partial charge in [-0.2, -0.15) is 0 Å². The molecule has 0 heterocycles. The van der Waals surface area contributed by atoms with Crippen molar-refractivity contribution >= 4 is 12.4 Å². The number of aliphatic hydroxyl groups excluding tert-OH is 1. The van der Waals surface area contributed by atoms with Gasteiger partial charge < -0.3 is 10.8 Å². The highest BCUT2D eigenvalue weighted by Gasteiger charge is 2.34. The van der Waals surface area contributed by atoms with Crippen molar-refractivity contribution in [3.63, 3.8) is 0 Å². The van der Waals surface area contributed by atoms with Crippen LogP contribution in [0.2, 0.25) is 0 Å². The molecule has 1 aliphatic carbocycles. The second kappa shape index (κ2) is 5.08. The van der Waals surface area contributed by atoms with Crippen molar-refractivity contribution in [2.75, 3.05) is 0 Å². The third-order valence-electron chi connectivity index (χ3n) is 2.80. The molecule has 1 aliphatic rings. The molecule has 0 radical (unpaired) electrons. The van der Waals surface area contributed by atoms with Gasteiger partial charge in [-0.3, -0.25) is 0 Å². The zero-order chi connectivity index (χ0) is 11.0. The summed E-state index contributed by atoms with van der Waals surface area (Å²) in [6.07, 6.45) is 1.26. The molecule has 90 valence electrons. The lowest BCUT2D eigenvalue weighted by atomic mass is 9.99. The minimum absolute atomic E-state index is 0. The predicted octanol–water partition coefficient (Wildman–Crippen LogP) is 2.16. The molecular formula is C11H14ClF2NO. The van der Waals surface area contributed by atoms with Crippen molar-refractivity contribution in [1.82, 2.24) is 0 Å². The molecule has 0 aliphatic heterocycles. The lowest BCUT2D eigenvalue weighted by Crippen LogP contribution is -2.28. The number of nitrogens with two attached hydrogens (primary N) is 1. The zero-order valence-electron chi connectivity index (χ0n) is 8.57. The Labute approximate surface area is 98.9 Å². The molecule has 0 spiro atoms. The summed E-state index contributed by atoms with van der Waals surface area (Å²) < 4.78 is 25.6. The van der Waals surface area contributed by atoms with Crippen LogP contribution < -0.4 is 5.73 Å². The number of hydrogen-bond acceptors (Lipinski definition) is 2. The van der Waals surface area contributed by atoms with Gasteiger partial charge in [0.2, 0.25) is 0 Å². The molecular weight excluding hydrogens is 236 g/mol. The van der Waals surface area contributed by atoms with Gasteiger partial charge in [0.1, 0.15) is 0 Å². The van der Waals surface area contributed by atoms with Gasteiger partial charge >= 0.3 is 0 Å². The Balaban J connectivity index is 0.00000128. The van der Waals surface area contributed by atoms with Crippen LogP contribution in [0.3, 0.4) is 0 Å². The molecule has 2 atom stereocenters. The Hall–Kier alpha value is -0.710. The lowest BCUT2D eigenvalue weighted by Gasteiger charge is -2.18. The van der Waals surface area contributed by atoms with E-state index >= 15 is 0 Å². The quantitative estimate of drug-likeness (QED) is 0.862. The van der Waals surface area contributed by atoms with Crippen LogP contribution in [0, 0.1) is 17.6 Å². The highest BCUT2D eigenvalue weighted by atomic mass is 35.5. The highest BCUT2D eigenvalue weighted by molar-refractivity contribution is 5.85. The third-order valence-corrected chi connectivity index (χ3v) is 2.80. The lowest BCUT2D eigenvalue weighted by molar-refractivity contribution is 0.122. The Morgan fingerprint density at radius 1 is 1.25 bits per heavy atom. The highest BCUT2D eigenvalue weighted by Crippen LogP contribution is 2.37. The summed E-state index contributed by atoms with van der Waals surface area (Å²) in [6.45, 7) is 0. The SMILES string of the molecule is Cl.N[C@H](c1ccc(F)c(F)c1)[C@@H](O)C1CC1. The fourth-order valence-electron chi connectivity index (χ4n) is 1.65. The Morgan fingerprint density at radius 3 is 2.38 bits per heavy atom. The van der Waals surface area contributed by atoms with Crippen LogP contribution in [-0.2, 0) is 0 Å². The van der Waals surface area contributed by atoms with Gasteiger partial charge in [-0.15, -0.1) is 12.4 Å². The van der Waals surface area contributed by atoms with Gasteiger partial charge in [0, 0.05) is 0 Å².